The number of rotatable bonds is 6. The predicted molar refractivity (Wildman–Crippen MR) is 88.4 cm³/mol. The van der Waals surface area contributed by atoms with Gasteiger partial charge in [0.05, 0.1) is 11.9 Å². The third kappa shape index (κ3) is 4.04. The minimum absolute atomic E-state index is 0.207. The molecule has 5 nitrogen and oxygen atoms in total. The third-order valence-electron chi connectivity index (χ3n) is 3.57. The van der Waals surface area contributed by atoms with E-state index >= 15 is 0 Å². The van der Waals surface area contributed by atoms with Crippen molar-refractivity contribution in [1.82, 2.24) is 20.3 Å². The first-order valence-corrected chi connectivity index (χ1v) is 7.73. The highest BCUT2D eigenvalue weighted by Gasteiger charge is 2.11. The van der Waals surface area contributed by atoms with Gasteiger partial charge in [0.2, 0.25) is 0 Å². The molecule has 122 valence electrons. The van der Waals surface area contributed by atoms with E-state index in [0.717, 1.165) is 12.8 Å². The zero-order chi connectivity index (χ0) is 16.8. The molecule has 0 aliphatic carbocycles. The molecule has 3 rings (SSSR count). The van der Waals surface area contributed by atoms with E-state index in [-0.39, 0.29) is 17.4 Å². The van der Waals surface area contributed by atoms with Crippen molar-refractivity contribution >= 4 is 5.91 Å². The first-order chi connectivity index (χ1) is 11.7. The van der Waals surface area contributed by atoms with Crippen LogP contribution >= 0.6 is 0 Å². The van der Waals surface area contributed by atoms with Gasteiger partial charge in [0.1, 0.15) is 5.82 Å². The molecule has 1 heterocycles. The molecule has 0 fully saturated rings. The summed E-state index contributed by atoms with van der Waals surface area (Å²) in [5, 5.41) is 10.5. The molecule has 3 aromatic rings. The van der Waals surface area contributed by atoms with Crippen LogP contribution in [0, 0.1) is 5.82 Å². The van der Waals surface area contributed by atoms with Crippen LogP contribution in [0.5, 0.6) is 0 Å². The van der Waals surface area contributed by atoms with Crippen LogP contribution in [0.2, 0.25) is 0 Å². The van der Waals surface area contributed by atoms with Gasteiger partial charge in [-0.3, -0.25) is 4.79 Å². The Labute approximate surface area is 139 Å². The van der Waals surface area contributed by atoms with Crippen molar-refractivity contribution in [3.05, 3.63) is 77.9 Å². The summed E-state index contributed by atoms with van der Waals surface area (Å²) in [5.41, 5.74) is 1.97. The van der Waals surface area contributed by atoms with Crippen molar-refractivity contribution in [3.63, 3.8) is 0 Å². The molecule has 0 unspecified atom stereocenters. The van der Waals surface area contributed by atoms with Crippen LogP contribution in [-0.4, -0.2) is 27.4 Å². The topological polar surface area (TPSA) is 59.8 Å². The summed E-state index contributed by atoms with van der Waals surface area (Å²) in [6.45, 7) is 0.556. The fourth-order valence-corrected chi connectivity index (χ4v) is 2.34. The predicted octanol–water partition coefficient (Wildman–Crippen LogP) is 2.77. The smallest absolute Gasteiger partial charge is 0.273 e. The van der Waals surface area contributed by atoms with Crippen LogP contribution < -0.4 is 5.32 Å². The van der Waals surface area contributed by atoms with E-state index < -0.39 is 0 Å². The Balaban J connectivity index is 1.52. The van der Waals surface area contributed by atoms with Gasteiger partial charge in [-0.05, 0) is 36.6 Å². The number of hydrogen-bond acceptors (Lipinski definition) is 3. The number of halogens is 1. The second kappa shape index (κ2) is 7.50. The lowest BCUT2D eigenvalue weighted by atomic mass is 10.1. The van der Waals surface area contributed by atoms with Crippen LogP contribution in [0.15, 0.2) is 60.8 Å². The fraction of sp³-hybridized carbons (Fsp3) is 0.167. The minimum Gasteiger partial charge on any atom is -0.351 e. The van der Waals surface area contributed by atoms with Gasteiger partial charge >= 0.3 is 0 Å². The Morgan fingerprint density at radius 3 is 2.75 bits per heavy atom. The average molecular weight is 324 g/mol. The van der Waals surface area contributed by atoms with Gasteiger partial charge in [0, 0.05) is 6.54 Å². The summed E-state index contributed by atoms with van der Waals surface area (Å²) in [7, 11) is 0. The summed E-state index contributed by atoms with van der Waals surface area (Å²) in [6, 6.07) is 16.1. The van der Waals surface area contributed by atoms with Gasteiger partial charge in [-0.1, -0.05) is 41.6 Å². The van der Waals surface area contributed by atoms with Gasteiger partial charge < -0.3 is 5.32 Å². The molecule has 0 saturated carbocycles. The Hall–Kier alpha value is -3.02. The second-order valence-corrected chi connectivity index (χ2v) is 5.37. The number of amides is 1. The molecule has 24 heavy (non-hydrogen) atoms. The highest BCUT2D eigenvalue weighted by atomic mass is 19.1. The summed E-state index contributed by atoms with van der Waals surface area (Å²) >= 11 is 0. The van der Waals surface area contributed by atoms with Crippen molar-refractivity contribution in [2.45, 2.75) is 12.8 Å². The van der Waals surface area contributed by atoms with E-state index in [2.05, 4.69) is 27.8 Å². The molecule has 0 spiro atoms. The quantitative estimate of drug-likeness (QED) is 0.709. The highest BCUT2D eigenvalue weighted by molar-refractivity contribution is 5.91. The lowest BCUT2D eigenvalue weighted by Gasteiger charge is -2.03. The van der Waals surface area contributed by atoms with E-state index in [1.165, 1.54) is 28.6 Å². The van der Waals surface area contributed by atoms with Crippen LogP contribution in [0.3, 0.4) is 0 Å². The number of hydrogen-bond donors (Lipinski definition) is 1. The van der Waals surface area contributed by atoms with E-state index in [0.29, 0.717) is 12.2 Å². The van der Waals surface area contributed by atoms with E-state index in [1.807, 2.05) is 18.2 Å². The number of nitrogens with one attached hydrogen (secondary N) is 1. The van der Waals surface area contributed by atoms with E-state index in [9.17, 15) is 9.18 Å². The van der Waals surface area contributed by atoms with Gasteiger partial charge in [-0.15, -0.1) is 5.10 Å². The molecule has 1 amide bonds. The number of aromatic nitrogens is 3. The van der Waals surface area contributed by atoms with E-state index in [1.54, 1.807) is 12.1 Å². The Morgan fingerprint density at radius 1 is 1.12 bits per heavy atom. The maximum atomic E-state index is 13.2. The average Bonchev–Trinajstić information content (AvgIpc) is 3.10. The van der Waals surface area contributed by atoms with Crippen LogP contribution in [0.1, 0.15) is 22.5 Å². The second-order valence-electron chi connectivity index (χ2n) is 5.37. The lowest BCUT2D eigenvalue weighted by Crippen LogP contribution is -2.25. The highest BCUT2D eigenvalue weighted by Crippen LogP contribution is 2.09. The molecule has 1 N–H and O–H groups in total. The minimum atomic E-state index is -0.366. The first-order valence-electron chi connectivity index (χ1n) is 7.73. The molecule has 0 aliphatic heterocycles. The van der Waals surface area contributed by atoms with Crippen LogP contribution in [-0.2, 0) is 6.42 Å². The normalized spacial score (nSPS) is 10.5. The zero-order valence-corrected chi connectivity index (χ0v) is 13.0. The summed E-state index contributed by atoms with van der Waals surface area (Å²) in [4.78, 5) is 12.1. The van der Waals surface area contributed by atoms with Crippen molar-refractivity contribution in [3.8, 4) is 5.69 Å². The summed E-state index contributed by atoms with van der Waals surface area (Å²) in [5.74, 6) is -0.652. The van der Waals surface area contributed by atoms with Gasteiger partial charge in [0.15, 0.2) is 5.69 Å². The van der Waals surface area contributed by atoms with E-state index in [4.69, 9.17) is 0 Å². The lowest BCUT2D eigenvalue weighted by molar-refractivity contribution is 0.0948. The standard InChI is InChI=1S/C18H17FN4O/c19-15-9-4-10-16(12-15)23-13-17(21-22-23)18(24)20-11-5-8-14-6-2-1-3-7-14/h1-4,6-7,9-10,12-13H,5,8,11H2,(H,20,24). The van der Waals surface area contributed by atoms with Crippen LogP contribution in [0.25, 0.3) is 5.69 Å². The molecular weight excluding hydrogens is 307 g/mol. The summed E-state index contributed by atoms with van der Waals surface area (Å²) in [6.07, 6.45) is 3.23. The number of carbonyl (C=O) groups is 1. The molecule has 0 saturated heterocycles. The SMILES string of the molecule is O=C(NCCCc1ccccc1)c1cn(-c2cccc(F)c2)nn1. The molecule has 1 aromatic heterocycles. The number of aryl methyl sites for hydroxylation is 1. The first kappa shape index (κ1) is 15.9. The number of nitrogens with zero attached hydrogens (tertiary/aromatic N) is 3. The molecule has 0 aliphatic rings. The monoisotopic (exact) mass is 324 g/mol. The molecule has 0 bridgehead atoms. The third-order valence-corrected chi connectivity index (χ3v) is 3.57. The molecular formula is C18H17FN4O. The fourth-order valence-electron chi connectivity index (χ4n) is 2.34. The van der Waals surface area contributed by atoms with Crippen molar-refractivity contribution in [2.75, 3.05) is 6.54 Å². The molecule has 2 aromatic carbocycles. The van der Waals surface area contributed by atoms with Gasteiger partial charge in [-0.25, -0.2) is 9.07 Å². The maximum Gasteiger partial charge on any atom is 0.273 e. The van der Waals surface area contributed by atoms with Crippen molar-refractivity contribution < 1.29 is 9.18 Å². The van der Waals surface area contributed by atoms with Gasteiger partial charge in [-0.2, -0.15) is 0 Å². The number of carbonyl (C=O) groups excluding carboxylic acids is 1. The maximum absolute atomic E-state index is 13.2. The molecule has 6 heteroatoms. The van der Waals surface area contributed by atoms with Gasteiger partial charge in [0.25, 0.3) is 5.91 Å². The largest absolute Gasteiger partial charge is 0.351 e. The molecule has 0 radical (unpaired) electrons. The Kier molecular flexibility index (Phi) is 4.96. The van der Waals surface area contributed by atoms with Crippen molar-refractivity contribution in [1.29, 1.82) is 0 Å². The zero-order valence-electron chi connectivity index (χ0n) is 13.0. The summed E-state index contributed by atoms with van der Waals surface area (Å²) < 4.78 is 14.6. The Bertz CT molecular complexity index is 817. The molecule has 0 atom stereocenters. The van der Waals surface area contributed by atoms with Crippen molar-refractivity contribution in [2.24, 2.45) is 0 Å². The Morgan fingerprint density at radius 2 is 1.96 bits per heavy atom. The number of benzene rings is 2. The van der Waals surface area contributed by atoms with Crippen LogP contribution in [0.4, 0.5) is 4.39 Å².